The van der Waals surface area contributed by atoms with E-state index in [4.69, 9.17) is 20.8 Å². The lowest BCUT2D eigenvalue weighted by Gasteiger charge is -2.06. The maximum absolute atomic E-state index is 12.5. The van der Waals surface area contributed by atoms with Crippen molar-refractivity contribution < 1.29 is 18.7 Å². The average molecular weight is 474 g/mol. The Labute approximate surface area is 200 Å². The summed E-state index contributed by atoms with van der Waals surface area (Å²) in [5.74, 6) is -0.887. The summed E-state index contributed by atoms with van der Waals surface area (Å²) in [6.07, 6.45) is 3.53. The van der Waals surface area contributed by atoms with Gasteiger partial charge in [0.05, 0.1) is 0 Å². The number of amides is 1. The van der Waals surface area contributed by atoms with E-state index in [0.29, 0.717) is 23.4 Å². The van der Waals surface area contributed by atoms with Crippen molar-refractivity contribution in [3.05, 3.63) is 117 Å². The first-order valence-corrected chi connectivity index (χ1v) is 10.9. The minimum absolute atomic E-state index is 0.0868. The molecule has 0 aliphatic carbocycles. The third kappa shape index (κ3) is 5.99. The van der Waals surface area contributed by atoms with Crippen LogP contribution in [0, 0.1) is 0 Å². The highest BCUT2D eigenvalue weighted by Crippen LogP contribution is 2.21. The highest BCUT2D eigenvalue weighted by atomic mass is 35.5. The fraction of sp³-hybridized carbons (Fsp3) is 0.0741. The molecule has 0 fully saturated rings. The molecule has 1 N–H and O–H groups in total. The molecule has 7 heteroatoms. The lowest BCUT2D eigenvalue weighted by atomic mass is 10.1. The van der Waals surface area contributed by atoms with Gasteiger partial charge in [0.2, 0.25) is 0 Å². The predicted molar refractivity (Wildman–Crippen MR) is 131 cm³/mol. The number of carbonyl (C=O) groups is 2. The summed E-state index contributed by atoms with van der Waals surface area (Å²) in [5.41, 5.74) is 1.23. The zero-order valence-electron chi connectivity index (χ0n) is 18.0. The molecule has 0 atom stereocenters. The molecule has 4 aromatic rings. The molecule has 34 heavy (non-hydrogen) atoms. The number of esters is 1. The van der Waals surface area contributed by atoms with Crippen LogP contribution in [0.1, 0.15) is 21.5 Å². The Kier molecular flexibility index (Phi) is 7.20. The summed E-state index contributed by atoms with van der Waals surface area (Å²) in [4.78, 5) is 37.0. The Bertz CT molecular complexity index is 1410. The Hall–Kier alpha value is -4.16. The van der Waals surface area contributed by atoms with E-state index < -0.39 is 17.5 Å². The van der Waals surface area contributed by atoms with Gasteiger partial charge in [-0.15, -0.1) is 0 Å². The van der Waals surface area contributed by atoms with Crippen LogP contribution in [0.3, 0.4) is 0 Å². The van der Waals surface area contributed by atoms with Crippen LogP contribution in [0.15, 0.2) is 94.2 Å². The highest BCUT2D eigenvalue weighted by Gasteiger charge is 2.14. The molecule has 0 aliphatic rings. The third-order valence-corrected chi connectivity index (χ3v) is 5.25. The van der Waals surface area contributed by atoms with Crippen molar-refractivity contribution in [1.29, 1.82) is 0 Å². The normalized spacial score (nSPS) is 11.0. The topological polar surface area (TPSA) is 85.6 Å². The molecule has 0 radical (unpaired) electrons. The predicted octanol–water partition coefficient (Wildman–Crippen LogP) is 5.04. The molecule has 0 unspecified atom stereocenters. The van der Waals surface area contributed by atoms with Crippen LogP contribution in [-0.2, 0) is 11.2 Å². The molecule has 1 aromatic heterocycles. The SMILES string of the molecule is O=C(/C=C/c1ccc(Cl)cc1)Oc1ccc2cc(C(=O)NCCc3ccccc3)c(=O)oc2c1. The summed E-state index contributed by atoms with van der Waals surface area (Å²) < 4.78 is 10.6. The molecule has 4 rings (SSSR count). The second-order valence-corrected chi connectivity index (χ2v) is 7.88. The molecular weight excluding hydrogens is 454 g/mol. The smallest absolute Gasteiger partial charge is 0.349 e. The van der Waals surface area contributed by atoms with Crippen LogP contribution in [-0.4, -0.2) is 18.4 Å². The number of hydrogen-bond donors (Lipinski definition) is 1. The van der Waals surface area contributed by atoms with Crippen molar-refractivity contribution >= 4 is 40.5 Å². The third-order valence-electron chi connectivity index (χ3n) is 4.99. The number of nitrogens with one attached hydrogen (secondary N) is 1. The molecule has 0 saturated carbocycles. The van der Waals surface area contributed by atoms with Gasteiger partial charge < -0.3 is 14.5 Å². The van der Waals surface area contributed by atoms with E-state index in [1.54, 1.807) is 42.5 Å². The van der Waals surface area contributed by atoms with Gasteiger partial charge in [0.15, 0.2) is 0 Å². The van der Waals surface area contributed by atoms with E-state index in [9.17, 15) is 14.4 Å². The Balaban J connectivity index is 1.41. The summed E-state index contributed by atoms with van der Waals surface area (Å²) in [6.45, 7) is 0.388. The largest absolute Gasteiger partial charge is 0.423 e. The Morgan fingerprint density at radius 3 is 2.50 bits per heavy atom. The quantitative estimate of drug-likeness (QED) is 0.176. The number of carbonyl (C=O) groups excluding carboxylic acids is 2. The molecular formula is C27H20ClNO5. The van der Waals surface area contributed by atoms with Crippen LogP contribution >= 0.6 is 11.6 Å². The minimum Gasteiger partial charge on any atom is -0.423 e. The van der Waals surface area contributed by atoms with E-state index in [-0.39, 0.29) is 16.9 Å². The fourth-order valence-electron chi connectivity index (χ4n) is 3.26. The standard InChI is InChI=1S/C27H20ClNO5/c28-21-10-6-19(7-11-21)8-13-25(30)33-22-12-9-20-16-23(27(32)34-24(20)17-22)26(31)29-15-14-18-4-2-1-3-5-18/h1-13,16-17H,14-15H2,(H,29,31)/b13-8+. The lowest BCUT2D eigenvalue weighted by molar-refractivity contribution is -0.128. The van der Waals surface area contributed by atoms with Crippen molar-refractivity contribution in [3.8, 4) is 5.75 Å². The Morgan fingerprint density at radius 2 is 1.74 bits per heavy atom. The summed E-state index contributed by atoms with van der Waals surface area (Å²) in [5, 5.41) is 3.87. The van der Waals surface area contributed by atoms with E-state index in [1.165, 1.54) is 18.2 Å². The fourth-order valence-corrected chi connectivity index (χ4v) is 3.39. The first-order chi connectivity index (χ1) is 16.5. The molecule has 3 aromatic carbocycles. The van der Waals surface area contributed by atoms with Gasteiger partial charge in [-0.2, -0.15) is 0 Å². The van der Waals surface area contributed by atoms with Crippen LogP contribution in [0.25, 0.3) is 17.0 Å². The number of benzene rings is 3. The maximum Gasteiger partial charge on any atom is 0.349 e. The van der Waals surface area contributed by atoms with Gasteiger partial charge in [-0.05, 0) is 54.0 Å². The van der Waals surface area contributed by atoms with Crippen LogP contribution < -0.4 is 15.7 Å². The summed E-state index contributed by atoms with van der Waals surface area (Å²) in [6, 6.07) is 22.8. The summed E-state index contributed by atoms with van der Waals surface area (Å²) >= 11 is 5.84. The van der Waals surface area contributed by atoms with Gasteiger partial charge in [-0.25, -0.2) is 9.59 Å². The molecule has 0 spiro atoms. The molecule has 0 saturated heterocycles. The van der Waals surface area contributed by atoms with Crippen molar-refractivity contribution in [2.24, 2.45) is 0 Å². The van der Waals surface area contributed by atoms with Gasteiger partial charge in [0.25, 0.3) is 5.91 Å². The van der Waals surface area contributed by atoms with Gasteiger partial charge in [0, 0.05) is 29.1 Å². The minimum atomic E-state index is -0.768. The highest BCUT2D eigenvalue weighted by molar-refractivity contribution is 6.30. The first-order valence-electron chi connectivity index (χ1n) is 10.5. The van der Waals surface area contributed by atoms with Crippen molar-refractivity contribution in [1.82, 2.24) is 5.32 Å². The van der Waals surface area contributed by atoms with Gasteiger partial charge in [0.1, 0.15) is 16.9 Å². The monoisotopic (exact) mass is 473 g/mol. The number of halogens is 1. The molecule has 1 amide bonds. The Morgan fingerprint density at radius 1 is 0.971 bits per heavy atom. The first kappa shape index (κ1) is 23.0. The van der Waals surface area contributed by atoms with Crippen LogP contribution in [0.2, 0.25) is 5.02 Å². The van der Waals surface area contributed by atoms with Crippen molar-refractivity contribution in [2.45, 2.75) is 6.42 Å². The number of ether oxygens (including phenoxy) is 1. The van der Waals surface area contributed by atoms with Crippen molar-refractivity contribution in [2.75, 3.05) is 6.54 Å². The zero-order chi connectivity index (χ0) is 23.9. The molecule has 1 heterocycles. The van der Waals surface area contributed by atoms with Gasteiger partial charge >= 0.3 is 11.6 Å². The number of rotatable bonds is 7. The maximum atomic E-state index is 12.5. The molecule has 0 aliphatic heterocycles. The second kappa shape index (κ2) is 10.6. The van der Waals surface area contributed by atoms with Crippen molar-refractivity contribution in [3.63, 3.8) is 0 Å². The van der Waals surface area contributed by atoms with Gasteiger partial charge in [-0.3, -0.25) is 4.79 Å². The molecule has 170 valence electrons. The average Bonchev–Trinajstić information content (AvgIpc) is 2.84. The van der Waals surface area contributed by atoms with Gasteiger partial charge in [-0.1, -0.05) is 54.1 Å². The summed E-state index contributed by atoms with van der Waals surface area (Å²) in [7, 11) is 0. The molecule has 6 nitrogen and oxygen atoms in total. The van der Waals surface area contributed by atoms with E-state index >= 15 is 0 Å². The lowest BCUT2D eigenvalue weighted by Crippen LogP contribution is -2.29. The second-order valence-electron chi connectivity index (χ2n) is 7.44. The number of hydrogen-bond acceptors (Lipinski definition) is 5. The van der Waals surface area contributed by atoms with E-state index in [2.05, 4.69) is 5.32 Å². The number of fused-ring (bicyclic) bond motifs is 1. The zero-order valence-corrected chi connectivity index (χ0v) is 18.7. The van der Waals surface area contributed by atoms with E-state index in [1.807, 2.05) is 30.3 Å². The van der Waals surface area contributed by atoms with Crippen LogP contribution in [0.4, 0.5) is 0 Å². The molecule has 0 bridgehead atoms. The van der Waals surface area contributed by atoms with Crippen LogP contribution in [0.5, 0.6) is 5.75 Å². The van der Waals surface area contributed by atoms with E-state index in [0.717, 1.165) is 11.1 Å².